The molecule has 31 heavy (non-hydrogen) atoms. The van der Waals surface area contributed by atoms with Crippen molar-refractivity contribution in [2.24, 2.45) is 4.99 Å². The van der Waals surface area contributed by atoms with E-state index in [9.17, 15) is 13.2 Å². The van der Waals surface area contributed by atoms with E-state index in [-0.39, 0.29) is 30.0 Å². The fraction of sp³-hybridized carbons (Fsp3) is 0.667. The second-order valence-corrected chi connectivity index (χ2v) is 7.28. The van der Waals surface area contributed by atoms with Crippen molar-refractivity contribution < 1.29 is 22.6 Å². The van der Waals surface area contributed by atoms with Gasteiger partial charge in [0.2, 0.25) is 0 Å². The number of nitrogens with zero attached hydrogens (tertiary/aromatic N) is 2. The van der Waals surface area contributed by atoms with E-state index in [1.165, 1.54) is 0 Å². The molecule has 2 rings (SSSR count). The van der Waals surface area contributed by atoms with E-state index in [1.807, 2.05) is 6.92 Å². The smallest absolute Gasteiger partial charge is 0.382 e. The zero-order valence-corrected chi connectivity index (χ0v) is 20.5. The van der Waals surface area contributed by atoms with Gasteiger partial charge < -0.3 is 20.1 Å². The van der Waals surface area contributed by atoms with Gasteiger partial charge in [0.25, 0.3) is 0 Å². The molecule has 2 N–H and O–H groups in total. The SMILES string of the molecule is CCNC(=NCCCOCCOC)NC1CCN(Cc2ccc(C(F)(F)F)cc2)C1.I. The zero-order valence-electron chi connectivity index (χ0n) is 18.2. The first-order chi connectivity index (χ1) is 14.4. The van der Waals surface area contributed by atoms with E-state index in [1.54, 1.807) is 19.2 Å². The van der Waals surface area contributed by atoms with Crippen LogP contribution in [0.2, 0.25) is 0 Å². The lowest BCUT2D eigenvalue weighted by Crippen LogP contribution is -2.44. The Balaban J connectivity index is 0.00000480. The minimum atomic E-state index is -4.29. The van der Waals surface area contributed by atoms with Crippen LogP contribution in [0.1, 0.15) is 30.9 Å². The minimum Gasteiger partial charge on any atom is -0.382 e. The van der Waals surface area contributed by atoms with Gasteiger partial charge in [-0.05, 0) is 37.5 Å². The summed E-state index contributed by atoms with van der Waals surface area (Å²) < 4.78 is 48.5. The van der Waals surface area contributed by atoms with Gasteiger partial charge in [-0.3, -0.25) is 9.89 Å². The van der Waals surface area contributed by atoms with Gasteiger partial charge >= 0.3 is 6.18 Å². The summed E-state index contributed by atoms with van der Waals surface area (Å²) >= 11 is 0. The highest BCUT2D eigenvalue weighted by Crippen LogP contribution is 2.29. The zero-order chi connectivity index (χ0) is 21.8. The molecule has 0 saturated carbocycles. The summed E-state index contributed by atoms with van der Waals surface area (Å²) in [5.74, 6) is 0.788. The average molecular weight is 558 g/mol. The molecule has 6 nitrogen and oxygen atoms in total. The maximum absolute atomic E-state index is 12.7. The van der Waals surface area contributed by atoms with Gasteiger partial charge in [0.1, 0.15) is 0 Å². The molecule has 1 aliphatic rings. The van der Waals surface area contributed by atoms with Crippen LogP contribution in [0.5, 0.6) is 0 Å². The molecule has 1 fully saturated rings. The molecule has 0 spiro atoms. The second-order valence-electron chi connectivity index (χ2n) is 7.28. The second kappa shape index (κ2) is 14.9. The molecular formula is C21H34F3IN4O2. The third-order valence-electron chi connectivity index (χ3n) is 4.79. The van der Waals surface area contributed by atoms with Crippen molar-refractivity contribution in [3.63, 3.8) is 0 Å². The summed E-state index contributed by atoms with van der Waals surface area (Å²) in [6.07, 6.45) is -2.49. The Morgan fingerprint density at radius 1 is 1.19 bits per heavy atom. The van der Waals surface area contributed by atoms with Crippen LogP contribution in [0, 0.1) is 0 Å². The number of alkyl halides is 3. The number of methoxy groups -OCH3 is 1. The molecule has 1 aromatic rings. The first-order valence-corrected chi connectivity index (χ1v) is 10.4. The van der Waals surface area contributed by atoms with Crippen LogP contribution in [0.3, 0.4) is 0 Å². The Labute approximate surface area is 200 Å². The molecule has 1 saturated heterocycles. The van der Waals surface area contributed by atoms with Crippen LogP contribution < -0.4 is 10.6 Å². The summed E-state index contributed by atoms with van der Waals surface area (Å²) in [5, 5.41) is 6.72. The maximum Gasteiger partial charge on any atom is 0.416 e. The van der Waals surface area contributed by atoms with Crippen LogP contribution in [-0.4, -0.2) is 70.0 Å². The first-order valence-electron chi connectivity index (χ1n) is 10.4. The Bertz CT molecular complexity index is 645. The molecule has 1 unspecified atom stereocenters. The molecule has 0 aliphatic carbocycles. The van der Waals surface area contributed by atoms with E-state index >= 15 is 0 Å². The molecule has 1 aromatic carbocycles. The summed E-state index contributed by atoms with van der Waals surface area (Å²) in [5.41, 5.74) is 0.278. The van der Waals surface area contributed by atoms with E-state index in [2.05, 4.69) is 20.5 Å². The molecule has 1 atom stereocenters. The maximum atomic E-state index is 12.7. The van der Waals surface area contributed by atoms with E-state index in [0.29, 0.717) is 32.9 Å². The summed E-state index contributed by atoms with van der Waals surface area (Å²) in [4.78, 5) is 6.84. The van der Waals surface area contributed by atoms with E-state index in [0.717, 1.165) is 56.1 Å². The van der Waals surface area contributed by atoms with Crippen molar-refractivity contribution in [3.8, 4) is 0 Å². The fourth-order valence-corrected chi connectivity index (χ4v) is 3.27. The number of halogens is 4. The lowest BCUT2D eigenvalue weighted by atomic mass is 10.1. The fourth-order valence-electron chi connectivity index (χ4n) is 3.27. The highest BCUT2D eigenvalue weighted by molar-refractivity contribution is 14.0. The number of rotatable bonds is 11. The van der Waals surface area contributed by atoms with Gasteiger partial charge in [0.15, 0.2) is 5.96 Å². The van der Waals surface area contributed by atoms with Crippen LogP contribution in [0.4, 0.5) is 13.2 Å². The van der Waals surface area contributed by atoms with Crippen molar-refractivity contribution in [3.05, 3.63) is 35.4 Å². The molecule has 1 heterocycles. The highest BCUT2D eigenvalue weighted by atomic mass is 127. The number of hydrogen-bond donors (Lipinski definition) is 2. The predicted octanol–water partition coefficient (Wildman–Crippen LogP) is 3.51. The average Bonchev–Trinajstić information content (AvgIpc) is 3.14. The number of benzene rings is 1. The Morgan fingerprint density at radius 2 is 1.94 bits per heavy atom. The van der Waals surface area contributed by atoms with Crippen LogP contribution in [0.15, 0.2) is 29.3 Å². The standard InChI is InChI=1S/C21H33F3N4O2.HI/c1-3-25-20(26-10-4-12-30-14-13-29-2)27-19-9-11-28(16-19)15-17-5-7-18(8-6-17)21(22,23)24;/h5-8,19H,3-4,9-16H2,1-2H3,(H2,25,26,27);1H. The molecule has 0 bridgehead atoms. The van der Waals surface area contributed by atoms with Crippen LogP contribution >= 0.6 is 24.0 Å². The number of ether oxygens (including phenoxy) is 2. The molecule has 0 aromatic heterocycles. The van der Waals surface area contributed by atoms with Gasteiger partial charge in [0.05, 0.1) is 18.8 Å². The lowest BCUT2D eigenvalue weighted by Gasteiger charge is -2.19. The van der Waals surface area contributed by atoms with Gasteiger partial charge in [0, 0.05) is 52.5 Å². The Morgan fingerprint density at radius 3 is 2.58 bits per heavy atom. The highest BCUT2D eigenvalue weighted by Gasteiger charge is 2.30. The molecule has 0 amide bonds. The molecule has 178 valence electrons. The summed E-state index contributed by atoms with van der Waals surface area (Å²) in [6.45, 7) is 7.67. The monoisotopic (exact) mass is 558 g/mol. The van der Waals surface area contributed by atoms with Crippen LogP contribution in [-0.2, 0) is 22.2 Å². The number of hydrogen-bond acceptors (Lipinski definition) is 4. The number of guanidine groups is 1. The third kappa shape index (κ3) is 10.8. The van der Waals surface area contributed by atoms with Gasteiger partial charge in [-0.1, -0.05) is 12.1 Å². The normalized spacial score (nSPS) is 17.5. The minimum absolute atomic E-state index is 0. The van der Waals surface area contributed by atoms with Crippen LogP contribution in [0.25, 0.3) is 0 Å². The van der Waals surface area contributed by atoms with Gasteiger partial charge in [-0.25, -0.2) is 0 Å². The summed E-state index contributed by atoms with van der Waals surface area (Å²) in [7, 11) is 1.65. The molecule has 0 radical (unpaired) electrons. The van der Waals surface area contributed by atoms with E-state index in [4.69, 9.17) is 9.47 Å². The summed E-state index contributed by atoms with van der Waals surface area (Å²) in [6, 6.07) is 5.68. The van der Waals surface area contributed by atoms with Gasteiger partial charge in [-0.2, -0.15) is 13.2 Å². The van der Waals surface area contributed by atoms with Crippen molar-refractivity contribution in [1.82, 2.24) is 15.5 Å². The number of likely N-dealkylation sites (tertiary alicyclic amines) is 1. The lowest BCUT2D eigenvalue weighted by molar-refractivity contribution is -0.137. The predicted molar refractivity (Wildman–Crippen MR) is 127 cm³/mol. The largest absolute Gasteiger partial charge is 0.416 e. The van der Waals surface area contributed by atoms with Crippen molar-refractivity contribution in [1.29, 1.82) is 0 Å². The molecule has 10 heteroatoms. The van der Waals surface area contributed by atoms with Crippen molar-refractivity contribution in [2.75, 3.05) is 53.1 Å². The van der Waals surface area contributed by atoms with Crippen molar-refractivity contribution >= 4 is 29.9 Å². The topological polar surface area (TPSA) is 58.1 Å². The molecular weight excluding hydrogens is 524 g/mol. The first kappa shape index (κ1) is 27.9. The third-order valence-corrected chi connectivity index (χ3v) is 4.79. The Hall–Kier alpha value is -1.11. The van der Waals surface area contributed by atoms with E-state index < -0.39 is 11.7 Å². The quantitative estimate of drug-likeness (QED) is 0.189. The number of aliphatic imine (C=N–C) groups is 1. The Kier molecular flexibility index (Phi) is 13.4. The van der Waals surface area contributed by atoms with Crippen molar-refractivity contribution in [2.45, 2.75) is 38.5 Å². The number of nitrogens with one attached hydrogen (secondary N) is 2. The van der Waals surface area contributed by atoms with Gasteiger partial charge in [-0.15, -0.1) is 24.0 Å². The molecule has 1 aliphatic heterocycles.